The molecule has 85 valence electrons. The normalized spacial score (nSPS) is 35.2. The Balaban J connectivity index is 0.00000112. The minimum absolute atomic E-state index is 0. The van der Waals surface area contributed by atoms with E-state index in [1.165, 1.54) is 32.1 Å². The average Bonchev–Trinajstić information content (AvgIpc) is 2.80. The van der Waals surface area contributed by atoms with Gasteiger partial charge in [0.05, 0.1) is 12.7 Å². The van der Waals surface area contributed by atoms with Crippen molar-refractivity contribution in [2.45, 2.75) is 44.6 Å². The summed E-state index contributed by atoms with van der Waals surface area (Å²) in [6.45, 7) is 0.178. The van der Waals surface area contributed by atoms with Crippen molar-refractivity contribution >= 4 is 0 Å². The molecule has 15 heavy (non-hydrogen) atoms. The molecule has 2 bridgehead atoms. The second-order valence-corrected chi connectivity index (χ2v) is 5.05. The first-order valence-corrected chi connectivity index (χ1v) is 5.97. The van der Waals surface area contributed by atoms with Crippen LogP contribution in [0.4, 0.5) is 0 Å². The maximum Gasteiger partial charge on any atom is 0.0802 e. The van der Waals surface area contributed by atoms with Gasteiger partial charge in [0, 0.05) is 39.8 Å². The van der Waals surface area contributed by atoms with Crippen molar-refractivity contribution < 1.29 is 42.6 Å². The SMILES string of the molecule is COC(CO)CCC1CC2CCC1C2.[Y]. The third kappa shape index (κ3) is 3.49. The van der Waals surface area contributed by atoms with E-state index in [4.69, 9.17) is 9.84 Å². The van der Waals surface area contributed by atoms with E-state index in [1.807, 2.05) is 0 Å². The number of hydrogen-bond acceptors (Lipinski definition) is 2. The molecule has 1 N–H and O–H groups in total. The smallest absolute Gasteiger partial charge is 0.0802 e. The third-order valence-electron chi connectivity index (χ3n) is 4.28. The van der Waals surface area contributed by atoms with Crippen LogP contribution in [0, 0.1) is 17.8 Å². The molecule has 2 aliphatic carbocycles. The molecule has 0 spiro atoms. The minimum Gasteiger partial charge on any atom is -0.394 e. The van der Waals surface area contributed by atoms with Crippen LogP contribution in [0.5, 0.6) is 0 Å². The van der Waals surface area contributed by atoms with Crippen molar-refractivity contribution in [3.05, 3.63) is 0 Å². The van der Waals surface area contributed by atoms with E-state index in [0.717, 1.165) is 24.2 Å². The molecule has 2 rings (SSSR count). The first-order chi connectivity index (χ1) is 6.83. The van der Waals surface area contributed by atoms with E-state index in [-0.39, 0.29) is 45.4 Å². The van der Waals surface area contributed by atoms with Crippen LogP contribution in [-0.4, -0.2) is 24.9 Å². The first-order valence-electron chi connectivity index (χ1n) is 5.97. The van der Waals surface area contributed by atoms with Gasteiger partial charge in [-0.3, -0.25) is 0 Å². The van der Waals surface area contributed by atoms with Gasteiger partial charge in [0.1, 0.15) is 0 Å². The fourth-order valence-corrected chi connectivity index (χ4v) is 3.41. The van der Waals surface area contributed by atoms with Gasteiger partial charge in [0.25, 0.3) is 0 Å². The van der Waals surface area contributed by atoms with Gasteiger partial charge in [-0.25, -0.2) is 0 Å². The summed E-state index contributed by atoms with van der Waals surface area (Å²) in [6, 6.07) is 0. The molecule has 0 aliphatic heterocycles. The number of methoxy groups -OCH3 is 1. The summed E-state index contributed by atoms with van der Waals surface area (Å²) in [4.78, 5) is 0. The number of ether oxygens (including phenoxy) is 1. The summed E-state index contributed by atoms with van der Waals surface area (Å²) in [6.07, 6.45) is 8.27. The summed E-state index contributed by atoms with van der Waals surface area (Å²) in [5.74, 6) is 2.99. The van der Waals surface area contributed by atoms with Crippen molar-refractivity contribution in [3.8, 4) is 0 Å². The van der Waals surface area contributed by atoms with Gasteiger partial charge in [-0.15, -0.1) is 0 Å². The molecular formula is C12H22O2Y. The molecule has 0 amide bonds. The summed E-state index contributed by atoms with van der Waals surface area (Å²) >= 11 is 0. The topological polar surface area (TPSA) is 29.5 Å². The molecule has 0 aromatic heterocycles. The van der Waals surface area contributed by atoms with Crippen LogP contribution in [0.25, 0.3) is 0 Å². The monoisotopic (exact) mass is 287 g/mol. The zero-order chi connectivity index (χ0) is 9.97. The molecule has 2 saturated carbocycles. The first kappa shape index (κ1) is 14.1. The molecule has 4 unspecified atom stereocenters. The minimum atomic E-state index is 0. The van der Waals surface area contributed by atoms with Gasteiger partial charge in [-0.05, 0) is 49.9 Å². The molecule has 4 atom stereocenters. The van der Waals surface area contributed by atoms with Gasteiger partial charge in [0.2, 0.25) is 0 Å². The Labute approximate surface area is 118 Å². The number of aliphatic hydroxyl groups excluding tert-OH is 1. The van der Waals surface area contributed by atoms with Crippen LogP contribution < -0.4 is 0 Å². The van der Waals surface area contributed by atoms with Crippen molar-refractivity contribution in [2.75, 3.05) is 13.7 Å². The van der Waals surface area contributed by atoms with Crippen LogP contribution >= 0.6 is 0 Å². The zero-order valence-corrected chi connectivity index (χ0v) is 12.5. The number of aliphatic hydroxyl groups is 1. The molecular weight excluding hydrogens is 265 g/mol. The van der Waals surface area contributed by atoms with Crippen molar-refractivity contribution in [1.29, 1.82) is 0 Å². The molecule has 2 aliphatic rings. The predicted octanol–water partition coefficient (Wildman–Crippen LogP) is 2.21. The maximum absolute atomic E-state index is 9.01. The second-order valence-electron chi connectivity index (χ2n) is 5.05. The van der Waals surface area contributed by atoms with Crippen molar-refractivity contribution in [3.63, 3.8) is 0 Å². The van der Waals surface area contributed by atoms with Crippen molar-refractivity contribution in [1.82, 2.24) is 0 Å². The Kier molecular flexibility index (Phi) is 6.28. The Hall–Kier alpha value is 1.02. The van der Waals surface area contributed by atoms with Crippen LogP contribution in [0.15, 0.2) is 0 Å². The third-order valence-corrected chi connectivity index (χ3v) is 4.28. The predicted molar refractivity (Wildman–Crippen MR) is 56.1 cm³/mol. The van der Waals surface area contributed by atoms with E-state index in [9.17, 15) is 0 Å². The van der Waals surface area contributed by atoms with Gasteiger partial charge < -0.3 is 9.84 Å². The van der Waals surface area contributed by atoms with Gasteiger partial charge in [-0.2, -0.15) is 0 Å². The second kappa shape index (κ2) is 6.68. The Bertz CT molecular complexity index is 182. The van der Waals surface area contributed by atoms with E-state index in [0.29, 0.717) is 0 Å². The summed E-state index contributed by atoms with van der Waals surface area (Å²) < 4.78 is 5.19. The molecule has 2 nitrogen and oxygen atoms in total. The fourth-order valence-electron chi connectivity index (χ4n) is 3.41. The molecule has 0 saturated heterocycles. The largest absolute Gasteiger partial charge is 0.394 e. The number of rotatable bonds is 5. The number of fused-ring (bicyclic) bond motifs is 2. The Morgan fingerprint density at radius 2 is 2.13 bits per heavy atom. The number of hydrogen-bond donors (Lipinski definition) is 1. The molecule has 0 heterocycles. The molecule has 1 radical (unpaired) electrons. The van der Waals surface area contributed by atoms with Crippen LogP contribution in [-0.2, 0) is 37.4 Å². The Morgan fingerprint density at radius 3 is 2.60 bits per heavy atom. The summed E-state index contributed by atoms with van der Waals surface area (Å²) in [5.41, 5.74) is 0. The zero-order valence-electron chi connectivity index (χ0n) is 9.69. The molecule has 0 aromatic carbocycles. The molecule has 2 fully saturated rings. The fraction of sp³-hybridized carbons (Fsp3) is 1.00. The van der Waals surface area contributed by atoms with E-state index < -0.39 is 0 Å². The summed E-state index contributed by atoms with van der Waals surface area (Å²) in [7, 11) is 1.70. The van der Waals surface area contributed by atoms with Gasteiger partial charge in [-0.1, -0.05) is 6.42 Å². The standard InChI is InChI=1S/C12H22O2.Y/c1-14-12(8-13)5-4-11-7-9-2-3-10(11)6-9;/h9-13H,2-8H2,1H3;. The average molecular weight is 287 g/mol. The van der Waals surface area contributed by atoms with Crippen molar-refractivity contribution in [2.24, 2.45) is 17.8 Å². The van der Waals surface area contributed by atoms with Gasteiger partial charge >= 0.3 is 0 Å². The van der Waals surface area contributed by atoms with Crippen LogP contribution in [0.2, 0.25) is 0 Å². The van der Waals surface area contributed by atoms with Crippen LogP contribution in [0.1, 0.15) is 38.5 Å². The van der Waals surface area contributed by atoms with E-state index in [1.54, 1.807) is 7.11 Å². The molecule has 0 aromatic rings. The maximum atomic E-state index is 9.01. The summed E-state index contributed by atoms with van der Waals surface area (Å²) in [5, 5.41) is 9.01. The Morgan fingerprint density at radius 1 is 1.33 bits per heavy atom. The van der Waals surface area contributed by atoms with Gasteiger partial charge in [0.15, 0.2) is 0 Å². The van der Waals surface area contributed by atoms with E-state index in [2.05, 4.69) is 0 Å². The van der Waals surface area contributed by atoms with E-state index >= 15 is 0 Å². The van der Waals surface area contributed by atoms with Crippen LogP contribution in [0.3, 0.4) is 0 Å². The molecule has 3 heteroatoms. The quantitative estimate of drug-likeness (QED) is 0.840.